The minimum Gasteiger partial charge on any atom is -0.324 e. The molecule has 2 aromatic rings. The van der Waals surface area contributed by atoms with Gasteiger partial charge in [-0.15, -0.1) is 0 Å². The van der Waals surface area contributed by atoms with Crippen molar-refractivity contribution in [1.29, 1.82) is 0 Å². The monoisotopic (exact) mass is 327 g/mol. The smallest absolute Gasteiger partial charge is 0.145 e. The van der Waals surface area contributed by atoms with Crippen LogP contribution >= 0.6 is 27.5 Å². The summed E-state index contributed by atoms with van der Waals surface area (Å²) >= 11 is 9.19. The molecular formula is C14H12BrClFN. The summed E-state index contributed by atoms with van der Waals surface area (Å²) in [7, 11) is 0. The van der Waals surface area contributed by atoms with Gasteiger partial charge >= 0.3 is 0 Å². The van der Waals surface area contributed by atoms with Gasteiger partial charge in [0, 0.05) is 10.5 Å². The highest BCUT2D eigenvalue weighted by atomic mass is 79.9. The maximum atomic E-state index is 13.8. The van der Waals surface area contributed by atoms with Crippen molar-refractivity contribution in [2.75, 3.05) is 0 Å². The molecule has 0 heterocycles. The lowest BCUT2D eigenvalue weighted by Crippen LogP contribution is -2.14. The van der Waals surface area contributed by atoms with Crippen LogP contribution in [0.3, 0.4) is 0 Å². The van der Waals surface area contributed by atoms with Crippen LogP contribution in [0.5, 0.6) is 0 Å². The summed E-state index contributed by atoms with van der Waals surface area (Å²) in [6.07, 6.45) is 0.412. The van der Waals surface area contributed by atoms with Crippen molar-refractivity contribution in [3.63, 3.8) is 0 Å². The van der Waals surface area contributed by atoms with Gasteiger partial charge in [0.05, 0.1) is 5.02 Å². The quantitative estimate of drug-likeness (QED) is 0.883. The van der Waals surface area contributed by atoms with Crippen molar-refractivity contribution >= 4 is 27.5 Å². The molecule has 0 bridgehead atoms. The average Bonchev–Trinajstić information content (AvgIpc) is 2.35. The Labute approximate surface area is 119 Å². The van der Waals surface area contributed by atoms with Crippen molar-refractivity contribution < 1.29 is 4.39 Å². The summed E-state index contributed by atoms with van der Waals surface area (Å²) in [5.41, 5.74) is 7.60. The molecule has 0 fully saturated rings. The average molecular weight is 329 g/mol. The molecule has 18 heavy (non-hydrogen) atoms. The predicted octanol–water partition coefficient (Wildman–Crippen LogP) is 4.48. The minimum atomic E-state index is -0.387. The van der Waals surface area contributed by atoms with Crippen LogP contribution in [0, 0.1) is 5.82 Å². The van der Waals surface area contributed by atoms with Crippen molar-refractivity contribution in [1.82, 2.24) is 0 Å². The molecule has 0 radical (unpaired) electrons. The zero-order chi connectivity index (χ0) is 13.1. The molecule has 2 N–H and O–H groups in total. The normalized spacial score (nSPS) is 12.4. The Morgan fingerprint density at radius 2 is 1.89 bits per heavy atom. The summed E-state index contributed by atoms with van der Waals surface area (Å²) in [6.45, 7) is 0. The fraction of sp³-hybridized carbons (Fsp3) is 0.143. The summed E-state index contributed by atoms with van der Waals surface area (Å²) in [6, 6.07) is 12.4. The molecule has 0 aliphatic heterocycles. The van der Waals surface area contributed by atoms with E-state index in [0.29, 0.717) is 12.0 Å². The van der Waals surface area contributed by atoms with E-state index in [1.807, 2.05) is 24.3 Å². The number of hydrogen-bond donors (Lipinski definition) is 1. The predicted molar refractivity (Wildman–Crippen MR) is 76.2 cm³/mol. The SMILES string of the molecule is NC(Cc1cccc(Cl)c1F)c1ccccc1Br. The van der Waals surface area contributed by atoms with Gasteiger partial charge in [-0.1, -0.05) is 57.9 Å². The third-order valence-corrected chi connectivity index (χ3v) is 3.79. The third kappa shape index (κ3) is 2.91. The Balaban J connectivity index is 2.24. The lowest BCUT2D eigenvalue weighted by atomic mass is 9.99. The molecule has 0 aliphatic carbocycles. The Kier molecular flexibility index (Phi) is 4.38. The van der Waals surface area contributed by atoms with Gasteiger partial charge in [-0.2, -0.15) is 0 Å². The van der Waals surface area contributed by atoms with Crippen LogP contribution in [0.25, 0.3) is 0 Å². The van der Waals surface area contributed by atoms with Crippen LogP contribution < -0.4 is 5.73 Å². The zero-order valence-electron chi connectivity index (χ0n) is 9.54. The zero-order valence-corrected chi connectivity index (χ0v) is 11.9. The minimum absolute atomic E-state index is 0.131. The van der Waals surface area contributed by atoms with Crippen molar-refractivity contribution in [2.45, 2.75) is 12.5 Å². The standard InChI is InChI=1S/C14H12BrClFN/c15-11-6-2-1-5-10(11)13(18)8-9-4-3-7-12(16)14(9)17/h1-7,13H,8,18H2. The molecule has 0 aromatic heterocycles. The van der Waals surface area contributed by atoms with Crippen LogP contribution in [0.15, 0.2) is 46.9 Å². The molecular weight excluding hydrogens is 317 g/mol. The molecule has 4 heteroatoms. The first-order chi connectivity index (χ1) is 8.59. The number of halogens is 3. The van der Waals surface area contributed by atoms with Crippen molar-refractivity contribution in [3.8, 4) is 0 Å². The highest BCUT2D eigenvalue weighted by Gasteiger charge is 2.14. The highest BCUT2D eigenvalue weighted by molar-refractivity contribution is 9.10. The maximum absolute atomic E-state index is 13.8. The summed E-state index contributed by atoms with van der Waals surface area (Å²) < 4.78 is 14.7. The Bertz CT molecular complexity index is 559. The number of rotatable bonds is 3. The van der Waals surface area contributed by atoms with Gasteiger partial charge < -0.3 is 5.73 Å². The van der Waals surface area contributed by atoms with E-state index in [4.69, 9.17) is 17.3 Å². The van der Waals surface area contributed by atoms with Gasteiger partial charge in [0.15, 0.2) is 0 Å². The number of nitrogens with two attached hydrogens (primary N) is 1. The van der Waals surface area contributed by atoms with E-state index in [2.05, 4.69) is 15.9 Å². The van der Waals surface area contributed by atoms with Crippen LogP contribution in [0.2, 0.25) is 5.02 Å². The molecule has 94 valence electrons. The van der Waals surface area contributed by atoms with E-state index in [0.717, 1.165) is 10.0 Å². The second-order valence-electron chi connectivity index (χ2n) is 4.05. The molecule has 0 spiro atoms. The van der Waals surface area contributed by atoms with E-state index in [1.54, 1.807) is 12.1 Å². The first-order valence-corrected chi connectivity index (χ1v) is 6.69. The lowest BCUT2D eigenvalue weighted by molar-refractivity contribution is 0.593. The van der Waals surface area contributed by atoms with E-state index in [9.17, 15) is 4.39 Å². The van der Waals surface area contributed by atoms with E-state index in [-0.39, 0.29) is 16.9 Å². The van der Waals surface area contributed by atoms with Gasteiger partial charge in [0.2, 0.25) is 0 Å². The molecule has 0 saturated heterocycles. The molecule has 2 rings (SSSR count). The van der Waals surface area contributed by atoms with Crippen molar-refractivity contribution in [3.05, 3.63) is 68.9 Å². The van der Waals surface area contributed by atoms with Gasteiger partial charge in [-0.25, -0.2) is 4.39 Å². The van der Waals surface area contributed by atoms with Gasteiger partial charge in [-0.3, -0.25) is 0 Å². The van der Waals surface area contributed by atoms with Gasteiger partial charge in [0.1, 0.15) is 5.82 Å². The summed E-state index contributed by atoms with van der Waals surface area (Å²) in [4.78, 5) is 0. The van der Waals surface area contributed by atoms with Crippen LogP contribution in [0.1, 0.15) is 17.2 Å². The lowest BCUT2D eigenvalue weighted by Gasteiger charge is -2.14. The molecule has 0 aliphatic rings. The third-order valence-electron chi connectivity index (χ3n) is 2.78. The molecule has 0 saturated carbocycles. The summed E-state index contributed by atoms with van der Waals surface area (Å²) in [5, 5.41) is 0.131. The highest BCUT2D eigenvalue weighted by Crippen LogP contribution is 2.26. The second kappa shape index (κ2) is 5.83. The van der Waals surface area contributed by atoms with E-state index >= 15 is 0 Å². The molecule has 0 amide bonds. The topological polar surface area (TPSA) is 26.0 Å². The number of hydrogen-bond acceptors (Lipinski definition) is 1. The fourth-order valence-electron chi connectivity index (χ4n) is 1.83. The summed E-state index contributed by atoms with van der Waals surface area (Å²) in [5.74, 6) is -0.387. The Morgan fingerprint density at radius 1 is 1.17 bits per heavy atom. The Morgan fingerprint density at radius 3 is 2.61 bits per heavy atom. The largest absolute Gasteiger partial charge is 0.324 e. The van der Waals surface area contributed by atoms with Gasteiger partial charge in [-0.05, 0) is 29.7 Å². The van der Waals surface area contributed by atoms with E-state index in [1.165, 1.54) is 6.07 Å². The van der Waals surface area contributed by atoms with Gasteiger partial charge in [0.25, 0.3) is 0 Å². The fourth-order valence-corrected chi connectivity index (χ4v) is 2.60. The first-order valence-electron chi connectivity index (χ1n) is 5.52. The Hall–Kier alpha value is -0.900. The van der Waals surface area contributed by atoms with E-state index < -0.39 is 0 Å². The van der Waals surface area contributed by atoms with Crippen LogP contribution in [-0.4, -0.2) is 0 Å². The molecule has 2 aromatic carbocycles. The maximum Gasteiger partial charge on any atom is 0.145 e. The number of benzene rings is 2. The van der Waals surface area contributed by atoms with Crippen molar-refractivity contribution in [2.24, 2.45) is 5.73 Å². The van der Waals surface area contributed by atoms with Crippen LogP contribution in [0.4, 0.5) is 4.39 Å². The first kappa shape index (κ1) is 13.5. The second-order valence-corrected chi connectivity index (χ2v) is 5.31. The molecule has 1 nitrogen and oxygen atoms in total. The molecule has 1 unspecified atom stereocenters. The molecule has 1 atom stereocenters. The van der Waals surface area contributed by atoms with Crippen LogP contribution in [-0.2, 0) is 6.42 Å².